The molecule has 192 valence electrons. The summed E-state index contributed by atoms with van der Waals surface area (Å²) in [6.07, 6.45) is 3.16. The zero-order valence-corrected chi connectivity index (χ0v) is 21.0. The van der Waals surface area contributed by atoms with E-state index in [4.69, 9.17) is 4.74 Å². The number of hydrogen-bond donors (Lipinski definition) is 2. The van der Waals surface area contributed by atoms with E-state index in [2.05, 4.69) is 15.0 Å². The average Bonchev–Trinajstić information content (AvgIpc) is 3.51. The van der Waals surface area contributed by atoms with Crippen molar-refractivity contribution in [3.8, 4) is 5.75 Å². The summed E-state index contributed by atoms with van der Waals surface area (Å²) in [5.74, 6) is -0.968. The first-order valence-electron chi connectivity index (χ1n) is 12.4. The van der Waals surface area contributed by atoms with E-state index in [0.29, 0.717) is 29.0 Å². The molecule has 1 aliphatic heterocycles. The SMILES string of the molecule is Cc1cc(/C(O)=C2\C(=O)C(=O)N(c3nc4ccccc4[nH]3)C2c2ccncc2)ccc1OCc1ccccc1. The van der Waals surface area contributed by atoms with Crippen LogP contribution in [0.4, 0.5) is 5.95 Å². The molecule has 3 heterocycles. The first-order valence-corrected chi connectivity index (χ1v) is 12.4. The van der Waals surface area contributed by atoms with Gasteiger partial charge < -0.3 is 14.8 Å². The van der Waals surface area contributed by atoms with Gasteiger partial charge in [-0.15, -0.1) is 0 Å². The maximum absolute atomic E-state index is 13.4. The zero-order chi connectivity index (χ0) is 26.9. The molecule has 1 atom stereocenters. The topological polar surface area (TPSA) is 108 Å². The molecule has 8 heteroatoms. The lowest BCUT2D eigenvalue weighted by molar-refractivity contribution is -0.132. The van der Waals surface area contributed by atoms with Gasteiger partial charge in [-0.2, -0.15) is 0 Å². The van der Waals surface area contributed by atoms with Crippen LogP contribution in [-0.4, -0.2) is 31.7 Å². The minimum Gasteiger partial charge on any atom is -0.507 e. The Kier molecular flexibility index (Phi) is 6.13. The number of ether oxygens (including phenoxy) is 1. The molecular weight excluding hydrogens is 492 g/mol. The van der Waals surface area contributed by atoms with Gasteiger partial charge in [0.25, 0.3) is 5.78 Å². The fraction of sp³-hybridized carbons (Fsp3) is 0.0968. The Morgan fingerprint density at radius 2 is 1.72 bits per heavy atom. The molecule has 5 aromatic rings. The fourth-order valence-electron chi connectivity index (χ4n) is 4.82. The Morgan fingerprint density at radius 3 is 2.46 bits per heavy atom. The first kappa shape index (κ1) is 24.1. The van der Waals surface area contributed by atoms with Crippen LogP contribution in [-0.2, 0) is 16.2 Å². The molecule has 3 aromatic carbocycles. The van der Waals surface area contributed by atoms with Crippen molar-refractivity contribution in [2.75, 3.05) is 4.90 Å². The Morgan fingerprint density at radius 1 is 0.974 bits per heavy atom. The minimum atomic E-state index is -0.900. The largest absolute Gasteiger partial charge is 0.507 e. The molecule has 1 saturated heterocycles. The number of aromatic amines is 1. The van der Waals surface area contributed by atoms with Gasteiger partial charge in [0.2, 0.25) is 5.95 Å². The number of benzene rings is 3. The molecule has 0 bridgehead atoms. The van der Waals surface area contributed by atoms with Crippen molar-refractivity contribution >= 4 is 34.4 Å². The van der Waals surface area contributed by atoms with Gasteiger partial charge in [-0.05, 0) is 66.1 Å². The Labute approximate surface area is 224 Å². The number of aromatic nitrogens is 3. The number of rotatable bonds is 6. The number of aliphatic hydroxyl groups is 1. The zero-order valence-electron chi connectivity index (χ0n) is 21.0. The van der Waals surface area contributed by atoms with Crippen LogP contribution in [0.2, 0.25) is 0 Å². The van der Waals surface area contributed by atoms with Crippen LogP contribution in [0, 0.1) is 6.92 Å². The number of aliphatic hydroxyl groups excluding tert-OH is 1. The minimum absolute atomic E-state index is 0.0241. The summed E-state index contributed by atoms with van der Waals surface area (Å²) in [4.78, 5) is 39.9. The standard InChI is InChI=1S/C31H24N4O4/c1-19-17-22(11-12-25(19)39-18-20-7-3-2-4-8-20)28(36)26-27(21-13-15-32-16-14-21)35(30(38)29(26)37)31-33-23-9-5-6-10-24(23)34-31/h2-17,27,36H,18H2,1H3,(H,33,34)/b28-26+. The molecular formula is C31H24N4O4. The summed E-state index contributed by atoms with van der Waals surface area (Å²) < 4.78 is 5.97. The van der Waals surface area contributed by atoms with Gasteiger partial charge in [0, 0.05) is 18.0 Å². The highest BCUT2D eigenvalue weighted by Crippen LogP contribution is 2.41. The second-order valence-electron chi connectivity index (χ2n) is 9.28. The van der Waals surface area contributed by atoms with Crippen molar-refractivity contribution in [2.45, 2.75) is 19.6 Å². The number of Topliss-reactive ketones (excluding diaryl/α,β-unsaturated/α-hetero) is 1. The number of imidazole rings is 1. The third-order valence-corrected chi connectivity index (χ3v) is 6.76. The van der Waals surface area contributed by atoms with E-state index < -0.39 is 17.7 Å². The van der Waals surface area contributed by atoms with E-state index in [1.54, 1.807) is 42.7 Å². The van der Waals surface area contributed by atoms with Crippen LogP contribution in [0.25, 0.3) is 16.8 Å². The Hall–Kier alpha value is -5.24. The number of carbonyl (C=O) groups is 2. The average molecular weight is 517 g/mol. The predicted molar refractivity (Wildman–Crippen MR) is 147 cm³/mol. The van der Waals surface area contributed by atoms with Gasteiger partial charge in [0.15, 0.2) is 0 Å². The summed E-state index contributed by atoms with van der Waals surface area (Å²) in [6, 6.07) is 24.9. The van der Waals surface area contributed by atoms with Crippen molar-refractivity contribution < 1.29 is 19.4 Å². The normalized spacial score (nSPS) is 16.6. The number of carbonyl (C=O) groups excluding carboxylic acids is 2. The van der Waals surface area contributed by atoms with E-state index in [9.17, 15) is 14.7 Å². The third-order valence-electron chi connectivity index (χ3n) is 6.76. The van der Waals surface area contributed by atoms with Crippen LogP contribution >= 0.6 is 0 Å². The molecule has 0 aliphatic carbocycles. The number of fused-ring (bicyclic) bond motifs is 1. The number of amides is 1. The van der Waals surface area contributed by atoms with Gasteiger partial charge in [0.1, 0.15) is 18.1 Å². The van der Waals surface area contributed by atoms with Gasteiger partial charge >= 0.3 is 5.91 Å². The number of para-hydroxylation sites is 2. The highest BCUT2D eigenvalue weighted by molar-refractivity contribution is 6.51. The molecule has 1 fully saturated rings. The second kappa shape index (κ2) is 9.90. The number of anilines is 1. The predicted octanol–water partition coefficient (Wildman–Crippen LogP) is 5.47. The van der Waals surface area contributed by atoms with Crippen LogP contribution < -0.4 is 9.64 Å². The van der Waals surface area contributed by atoms with Crippen molar-refractivity contribution in [3.05, 3.63) is 125 Å². The maximum Gasteiger partial charge on any atom is 0.302 e. The number of ketones is 1. The van der Waals surface area contributed by atoms with Gasteiger partial charge in [0.05, 0.1) is 22.6 Å². The first-order chi connectivity index (χ1) is 19.0. The van der Waals surface area contributed by atoms with E-state index >= 15 is 0 Å². The summed E-state index contributed by atoms with van der Waals surface area (Å²) in [5, 5.41) is 11.5. The molecule has 0 radical (unpaired) electrons. The van der Waals surface area contributed by atoms with E-state index in [0.717, 1.165) is 16.6 Å². The van der Waals surface area contributed by atoms with Crippen LogP contribution in [0.3, 0.4) is 0 Å². The Bertz CT molecular complexity index is 1690. The van der Waals surface area contributed by atoms with Gasteiger partial charge in [-0.1, -0.05) is 42.5 Å². The molecule has 1 unspecified atom stereocenters. The molecule has 1 aliphatic rings. The highest BCUT2D eigenvalue weighted by Gasteiger charge is 2.48. The highest BCUT2D eigenvalue weighted by atomic mass is 16.5. The molecule has 39 heavy (non-hydrogen) atoms. The summed E-state index contributed by atoms with van der Waals surface area (Å²) in [7, 11) is 0. The molecule has 1 amide bonds. The Balaban J connectivity index is 1.41. The lowest BCUT2D eigenvalue weighted by Gasteiger charge is -2.23. The number of aryl methyl sites for hydroxylation is 1. The number of pyridine rings is 1. The number of nitrogens with one attached hydrogen (secondary N) is 1. The summed E-state index contributed by atoms with van der Waals surface area (Å²) in [6.45, 7) is 2.27. The smallest absolute Gasteiger partial charge is 0.302 e. The fourth-order valence-corrected chi connectivity index (χ4v) is 4.82. The number of H-pyrrole nitrogens is 1. The molecule has 0 spiro atoms. The maximum atomic E-state index is 13.4. The van der Waals surface area contributed by atoms with Crippen LogP contribution in [0.15, 0.2) is 103 Å². The van der Waals surface area contributed by atoms with E-state index in [1.165, 1.54) is 4.90 Å². The van der Waals surface area contributed by atoms with E-state index in [-0.39, 0.29) is 17.3 Å². The van der Waals surface area contributed by atoms with Crippen molar-refractivity contribution in [1.82, 2.24) is 15.0 Å². The third kappa shape index (κ3) is 4.42. The van der Waals surface area contributed by atoms with Crippen molar-refractivity contribution in [2.24, 2.45) is 0 Å². The lowest BCUT2D eigenvalue weighted by Crippen LogP contribution is -2.30. The van der Waals surface area contributed by atoms with Crippen molar-refractivity contribution in [3.63, 3.8) is 0 Å². The monoisotopic (exact) mass is 516 g/mol. The summed E-state index contributed by atoms with van der Waals surface area (Å²) >= 11 is 0. The molecule has 2 aromatic heterocycles. The number of nitrogens with zero attached hydrogens (tertiary/aromatic N) is 3. The van der Waals surface area contributed by atoms with Crippen LogP contribution in [0.1, 0.15) is 28.3 Å². The molecule has 6 rings (SSSR count). The van der Waals surface area contributed by atoms with Gasteiger partial charge in [-0.3, -0.25) is 19.5 Å². The van der Waals surface area contributed by atoms with Crippen LogP contribution in [0.5, 0.6) is 5.75 Å². The van der Waals surface area contributed by atoms with Crippen molar-refractivity contribution in [1.29, 1.82) is 0 Å². The lowest BCUT2D eigenvalue weighted by atomic mass is 9.95. The van der Waals surface area contributed by atoms with E-state index in [1.807, 2.05) is 61.5 Å². The molecule has 0 saturated carbocycles. The summed E-state index contributed by atoms with van der Waals surface area (Å²) in [5.41, 5.74) is 4.19. The number of hydrogen-bond acceptors (Lipinski definition) is 6. The van der Waals surface area contributed by atoms with Gasteiger partial charge in [-0.25, -0.2) is 4.98 Å². The quantitative estimate of drug-likeness (QED) is 0.176. The molecule has 2 N–H and O–H groups in total. The second-order valence-corrected chi connectivity index (χ2v) is 9.28. The molecule has 8 nitrogen and oxygen atoms in total.